The van der Waals surface area contributed by atoms with Crippen molar-refractivity contribution in [3.05, 3.63) is 66.7 Å². The fourth-order valence-corrected chi connectivity index (χ4v) is 3.73. The van der Waals surface area contributed by atoms with E-state index < -0.39 is 0 Å². The smallest absolute Gasteiger partial charge is 0.237 e. The number of amides is 1. The number of rotatable bonds is 8. The lowest BCUT2D eigenvalue weighted by Gasteiger charge is -2.14. The van der Waals surface area contributed by atoms with Crippen molar-refractivity contribution in [2.75, 3.05) is 12.4 Å². The van der Waals surface area contributed by atoms with Crippen LogP contribution in [0.5, 0.6) is 5.75 Å². The second kappa shape index (κ2) is 9.43. The number of benzene rings is 2. The SMILES string of the molecule is C=CCn1c(SC(C)C(=O)Nc2cccc(C)c2)nnc1-c1ccccc1OC. The van der Waals surface area contributed by atoms with Gasteiger partial charge in [0.1, 0.15) is 5.75 Å². The van der Waals surface area contributed by atoms with Gasteiger partial charge < -0.3 is 10.1 Å². The summed E-state index contributed by atoms with van der Waals surface area (Å²) in [7, 11) is 1.63. The summed E-state index contributed by atoms with van der Waals surface area (Å²) in [5.74, 6) is 1.30. The monoisotopic (exact) mass is 408 g/mol. The van der Waals surface area contributed by atoms with Crippen LogP contribution >= 0.6 is 11.8 Å². The van der Waals surface area contributed by atoms with Crippen LogP contribution in [-0.2, 0) is 11.3 Å². The first-order valence-corrected chi connectivity index (χ1v) is 10.1. The van der Waals surface area contributed by atoms with Gasteiger partial charge in [-0.15, -0.1) is 16.8 Å². The molecule has 3 aromatic rings. The average molecular weight is 409 g/mol. The van der Waals surface area contributed by atoms with E-state index in [0.29, 0.717) is 23.3 Å². The Kier molecular flexibility index (Phi) is 6.72. The number of aromatic nitrogens is 3. The second-order valence-electron chi connectivity index (χ2n) is 6.52. The van der Waals surface area contributed by atoms with Crippen LogP contribution < -0.4 is 10.1 Å². The summed E-state index contributed by atoms with van der Waals surface area (Å²) < 4.78 is 7.40. The van der Waals surface area contributed by atoms with E-state index in [1.165, 1.54) is 11.8 Å². The van der Waals surface area contributed by atoms with Crippen molar-refractivity contribution >= 4 is 23.4 Å². The van der Waals surface area contributed by atoms with Crippen LogP contribution in [0.2, 0.25) is 0 Å². The zero-order valence-electron chi connectivity index (χ0n) is 16.8. The molecule has 7 heteroatoms. The van der Waals surface area contributed by atoms with E-state index in [9.17, 15) is 4.79 Å². The van der Waals surface area contributed by atoms with Gasteiger partial charge in [0.2, 0.25) is 5.91 Å². The maximum absolute atomic E-state index is 12.6. The Hall–Kier alpha value is -3.06. The number of carbonyl (C=O) groups excluding carboxylic acids is 1. The molecule has 0 saturated carbocycles. The number of hydrogen-bond donors (Lipinski definition) is 1. The zero-order chi connectivity index (χ0) is 20.8. The molecule has 0 aliphatic carbocycles. The van der Waals surface area contributed by atoms with Gasteiger partial charge in [-0.2, -0.15) is 0 Å². The van der Waals surface area contributed by atoms with Gasteiger partial charge in [-0.25, -0.2) is 0 Å². The van der Waals surface area contributed by atoms with Crippen molar-refractivity contribution < 1.29 is 9.53 Å². The molecular weight excluding hydrogens is 384 g/mol. The molecule has 0 bridgehead atoms. The summed E-state index contributed by atoms with van der Waals surface area (Å²) in [5, 5.41) is 11.9. The quantitative estimate of drug-likeness (QED) is 0.437. The Morgan fingerprint density at radius 1 is 1.28 bits per heavy atom. The summed E-state index contributed by atoms with van der Waals surface area (Å²) in [6.45, 7) is 8.20. The van der Waals surface area contributed by atoms with E-state index in [1.54, 1.807) is 13.2 Å². The van der Waals surface area contributed by atoms with Gasteiger partial charge in [-0.1, -0.05) is 42.1 Å². The maximum Gasteiger partial charge on any atom is 0.237 e. The number of hydrogen-bond acceptors (Lipinski definition) is 5. The van der Waals surface area contributed by atoms with Crippen molar-refractivity contribution in [3.63, 3.8) is 0 Å². The molecule has 1 atom stereocenters. The molecule has 29 heavy (non-hydrogen) atoms. The number of allylic oxidation sites excluding steroid dienone is 1. The lowest BCUT2D eigenvalue weighted by molar-refractivity contribution is -0.115. The summed E-state index contributed by atoms with van der Waals surface area (Å²) in [4.78, 5) is 12.6. The van der Waals surface area contributed by atoms with E-state index in [-0.39, 0.29) is 11.2 Å². The van der Waals surface area contributed by atoms with Crippen LogP contribution in [0, 0.1) is 6.92 Å². The number of nitrogens with one attached hydrogen (secondary N) is 1. The zero-order valence-corrected chi connectivity index (χ0v) is 17.6. The first-order chi connectivity index (χ1) is 14.0. The number of anilines is 1. The van der Waals surface area contributed by atoms with Gasteiger partial charge in [0.15, 0.2) is 11.0 Å². The number of ether oxygens (including phenoxy) is 1. The normalized spacial score (nSPS) is 11.7. The van der Waals surface area contributed by atoms with Gasteiger partial charge in [-0.05, 0) is 43.7 Å². The number of nitrogens with zero attached hydrogens (tertiary/aromatic N) is 3. The number of methoxy groups -OCH3 is 1. The van der Waals surface area contributed by atoms with Crippen LogP contribution in [-0.4, -0.2) is 33.0 Å². The van der Waals surface area contributed by atoms with Crippen LogP contribution in [0.25, 0.3) is 11.4 Å². The third kappa shape index (κ3) is 4.86. The highest BCUT2D eigenvalue weighted by Crippen LogP contribution is 2.32. The third-order valence-corrected chi connectivity index (χ3v) is 5.39. The van der Waals surface area contributed by atoms with Gasteiger partial charge in [0.05, 0.1) is 17.9 Å². The maximum atomic E-state index is 12.6. The van der Waals surface area contributed by atoms with Gasteiger partial charge in [-0.3, -0.25) is 9.36 Å². The average Bonchev–Trinajstić information content (AvgIpc) is 3.10. The summed E-state index contributed by atoms with van der Waals surface area (Å²) in [6.07, 6.45) is 1.78. The molecular formula is C22H24N4O2S. The molecule has 0 aliphatic heterocycles. The highest BCUT2D eigenvalue weighted by molar-refractivity contribution is 8.00. The Labute approximate surface area is 175 Å². The molecule has 0 saturated heterocycles. The van der Waals surface area contributed by atoms with E-state index in [4.69, 9.17) is 4.74 Å². The number of aryl methyl sites for hydroxylation is 1. The summed E-state index contributed by atoms with van der Waals surface area (Å²) in [6, 6.07) is 15.4. The van der Waals surface area contributed by atoms with E-state index in [1.807, 2.05) is 66.9 Å². The molecule has 1 heterocycles. The molecule has 0 radical (unpaired) electrons. The summed E-state index contributed by atoms with van der Waals surface area (Å²) >= 11 is 1.36. The van der Waals surface area contributed by atoms with Crippen molar-refractivity contribution in [2.24, 2.45) is 0 Å². The highest BCUT2D eigenvalue weighted by Gasteiger charge is 2.21. The minimum Gasteiger partial charge on any atom is -0.496 e. The molecule has 6 nitrogen and oxygen atoms in total. The predicted octanol–water partition coefficient (Wildman–Crippen LogP) is 4.57. The minimum absolute atomic E-state index is 0.0902. The molecule has 1 aromatic heterocycles. The number of para-hydroxylation sites is 1. The molecule has 0 spiro atoms. The van der Waals surface area contributed by atoms with Crippen LogP contribution in [0.4, 0.5) is 5.69 Å². The summed E-state index contributed by atoms with van der Waals surface area (Å²) in [5.41, 5.74) is 2.72. The first-order valence-electron chi connectivity index (χ1n) is 9.25. The van der Waals surface area contributed by atoms with Crippen LogP contribution in [0.1, 0.15) is 12.5 Å². The fraction of sp³-hybridized carbons (Fsp3) is 0.227. The Morgan fingerprint density at radius 3 is 2.79 bits per heavy atom. The van der Waals surface area contributed by atoms with Crippen molar-refractivity contribution in [1.29, 1.82) is 0 Å². The van der Waals surface area contributed by atoms with Crippen LogP contribution in [0.15, 0.2) is 66.3 Å². The first kappa shape index (κ1) is 20.7. The Balaban J connectivity index is 1.82. The molecule has 1 unspecified atom stereocenters. The van der Waals surface area contributed by atoms with E-state index >= 15 is 0 Å². The largest absolute Gasteiger partial charge is 0.496 e. The second-order valence-corrected chi connectivity index (χ2v) is 7.83. The Bertz CT molecular complexity index is 1020. The van der Waals surface area contributed by atoms with Crippen molar-refractivity contribution in [1.82, 2.24) is 14.8 Å². The van der Waals surface area contributed by atoms with Gasteiger partial charge in [0, 0.05) is 12.2 Å². The van der Waals surface area contributed by atoms with Gasteiger partial charge in [0.25, 0.3) is 0 Å². The van der Waals surface area contributed by atoms with Gasteiger partial charge >= 0.3 is 0 Å². The molecule has 0 fully saturated rings. The molecule has 1 N–H and O–H groups in total. The Morgan fingerprint density at radius 2 is 2.07 bits per heavy atom. The lowest BCUT2D eigenvalue weighted by Crippen LogP contribution is -2.23. The van der Waals surface area contributed by atoms with Crippen molar-refractivity contribution in [3.8, 4) is 17.1 Å². The van der Waals surface area contributed by atoms with Crippen LogP contribution in [0.3, 0.4) is 0 Å². The third-order valence-electron chi connectivity index (χ3n) is 4.31. The number of thioether (sulfide) groups is 1. The standard InChI is InChI=1S/C22H24N4O2S/c1-5-13-26-20(18-11-6-7-12-19(18)28-4)24-25-22(26)29-16(3)21(27)23-17-10-8-9-15(2)14-17/h5-12,14,16H,1,13H2,2-4H3,(H,23,27). The van der Waals surface area contributed by atoms with E-state index in [2.05, 4.69) is 22.1 Å². The molecule has 1 amide bonds. The molecule has 3 rings (SSSR count). The predicted molar refractivity (Wildman–Crippen MR) is 117 cm³/mol. The molecule has 2 aromatic carbocycles. The highest BCUT2D eigenvalue weighted by atomic mass is 32.2. The van der Waals surface area contributed by atoms with Crippen molar-refractivity contribution in [2.45, 2.75) is 30.8 Å². The minimum atomic E-state index is -0.353. The molecule has 0 aliphatic rings. The topological polar surface area (TPSA) is 69.0 Å². The molecule has 150 valence electrons. The van der Waals surface area contributed by atoms with E-state index in [0.717, 1.165) is 16.8 Å². The lowest BCUT2D eigenvalue weighted by atomic mass is 10.2. The fourth-order valence-electron chi connectivity index (χ4n) is 2.88. The number of carbonyl (C=O) groups is 1.